The van der Waals surface area contributed by atoms with Crippen LogP contribution in [0.2, 0.25) is 0 Å². The number of rotatable bonds is 2. The number of ether oxygens (including phenoxy) is 1. The second-order valence-electron chi connectivity index (χ2n) is 7.30. The zero-order valence-electron chi connectivity index (χ0n) is 14.0. The lowest BCUT2D eigenvalue weighted by molar-refractivity contribution is -0.117. The Morgan fingerprint density at radius 3 is 2.78 bits per heavy atom. The van der Waals surface area contributed by atoms with E-state index in [1.165, 1.54) is 29.5 Å². The highest BCUT2D eigenvalue weighted by Crippen LogP contribution is 2.45. The number of nitrogens with zero attached hydrogens (tertiary/aromatic N) is 1. The van der Waals surface area contributed by atoms with Crippen molar-refractivity contribution in [3.05, 3.63) is 35.4 Å². The van der Waals surface area contributed by atoms with Crippen molar-refractivity contribution in [2.24, 2.45) is 11.8 Å². The topological polar surface area (TPSA) is 29.5 Å². The fourth-order valence-corrected chi connectivity index (χ4v) is 4.35. The average molecular weight is 311 g/mol. The number of carbonyl (C=O) groups excluding carboxylic acids is 1. The van der Waals surface area contributed by atoms with E-state index in [2.05, 4.69) is 36.1 Å². The van der Waals surface area contributed by atoms with E-state index in [0.717, 1.165) is 25.1 Å². The maximum atomic E-state index is 12.3. The molecule has 1 saturated carbocycles. The van der Waals surface area contributed by atoms with Crippen molar-refractivity contribution in [1.82, 2.24) is 0 Å². The number of fused-ring (bicyclic) bond motifs is 1. The summed E-state index contributed by atoms with van der Waals surface area (Å²) in [5.74, 6) is 1.44. The molecule has 1 fully saturated rings. The van der Waals surface area contributed by atoms with E-state index in [0.29, 0.717) is 24.5 Å². The number of hydrogen-bond acceptors (Lipinski definition) is 2. The molecule has 0 aromatic heterocycles. The molecule has 0 bridgehead atoms. The molecule has 1 aromatic rings. The summed E-state index contributed by atoms with van der Waals surface area (Å²) in [5, 5.41) is 0. The quantitative estimate of drug-likeness (QED) is 0.831. The van der Waals surface area contributed by atoms with Gasteiger partial charge in [-0.3, -0.25) is 4.79 Å². The first kappa shape index (κ1) is 14.9. The first-order valence-electron chi connectivity index (χ1n) is 8.85. The molecule has 3 heteroatoms. The molecule has 2 aliphatic heterocycles. The zero-order chi connectivity index (χ0) is 16.0. The van der Waals surface area contributed by atoms with E-state index in [1.807, 2.05) is 0 Å². The number of amides is 1. The molecular formula is C20H25NO2. The third-order valence-electron chi connectivity index (χ3n) is 5.54. The number of anilines is 1. The van der Waals surface area contributed by atoms with Gasteiger partial charge in [0.1, 0.15) is 0 Å². The Bertz CT molecular complexity index is 660. The Morgan fingerprint density at radius 1 is 1.30 bits per heavy atom. The minimum atomic E-state index is 0.188. The predicted octanol–water partition coefficient (Wildman–Crippen LogP) is 3.81. The third-order valence-corrected chi connectivity index (χ3v) is 5.54. The van der Waals surface area contributed by atoms with Crippen molar-refractivity contribution in [3.8, 4) is 0 Å². The summed E-state index contributed by atoms with van der Waals surface area (Å²) in [5.41, 5.74) is 5.15. The van der Waals surface area contributed by atoms with Crippen LogP contribution in [0, 0.1) is 11.8 Å². The Hall–Kier alpha value is -1.61. The molecule has 1 amide bonds. The highest BCUT2D eigenvalue weighted by atomic mass is 16.5. The summed E-state index contributed by atoms with van der Waals surface area (Å²) >= 11 is 0. The minimum Gasteiger partial charge on any atom is -0.377 e. The van der Waals surface area contributed by atoms with Crippen LogP contribution in [0.25, 0.3) is 5.57 Å². The maximum Gasteiger partial charge on any atom is 0.224 e. The van der Waals surface area contributed by atoms with Crippen molar-refractivity contribution in [2.45, 2.75) is 45.6 Å². The second kappa shape index (κ2) is 5.79. The van der Waals surface area contributed by atoms with Crippen LogP contribution < -0.4 is 4.90 Å². The van der Waals surface area contributed by atoms with Crippen LogP contribution in [0.5, 0.6) is 0 Å². The Balaban J connectivity index is 1.72. The molecule has 1 aromatic carbocycles. The summed E-state index contributed by atoms with van der Waals surface area (Å²) in [4.78, 5) is 14.4. The van der Waals surface area contributed by atoms with Crippen LogP contribution >= 0.6 is 0 Å². The van der Waals surface area contributed by atoms with Gasteiger partial charge in [-0.25, -0.2) is 0 Å². The third kappa shape index (κ3) is 2.72. The van der Waals surface area contributed by atoms with Gasteiger partial charge in [-0.2, -0.15) is 0 Å². The lowest BCUT2D eigenvalue weighted by atomic mass is 9.83. The Morgan fingerprint density at radius 2 is 2.13 bits per heavy atom. The van der Waals surface area contributed by atoms with Crippen LogP contribution in [0.3, 0.4) is 0 Å². The van der Waals surface area contributed by atoms with Crippen molar-refractivity contribution < 1.29 is 9.53 Å². The zero-order valence-corrected chi connectivity index (χ0v) is 14.0. The second-order valence-corrected chi connectivity index (χ2v) is 7.30. The monoisotopic (exact) mass is 311 g/mol. The molecule has 23 heavy (non-hydrogen) atoms. The molecule has 1 aliphatic carbocycles. The molecule has 0 radical (unpaired) electrons. The summed E-state index contributed by atoms with van der Waals surface area (Å²) in [6, 6.07) is 7.06. The lowest BCUT2D eigenvalue weighted by Gasteiger charge is -2.41. The predicted molar refractivity (Wildman–Crippen MR) is 92.4 cm³/mol. The summed E-state index contributed by atoms with van der Waals surface area (Å²) < 4.78 is 5.42. The molecule has 2 heterocycles. The lowest BCUT2D eigenvalue weighted by Crippen LogP contribution is -2.48. The van der Waals surface area contributed by atoms with Gasteiger partial charge in [0, 0.05) is 18.7 Å². The van der Waals surface area contributed by atoms with Gasteiger partial charge in [0.15, 0.2) is 0 Å². The Labute approximate surface area is 138 Å². The van der Waals surface area contributed by atoms with Crippen LogP contribution in [0.15, 0.2) is 24.3 Å². The smallest absolute Gasteiger partial charge is 0.224 e. The average Bonchev–Trinajstić information content (AvgIpc) is 3.38. The van der Waals surface area contributed by atoms with Crippen LogP contribution in [0.4, 0.5) is 5.69 Å². The van der Waals surface area contributed by atoms with Gasteiger partial charge in [-0.15, -0.1) is 0 Å². The van der Waals surface area contributed by atoms with Crippen molar-refractivity contribution in [2.75, 3.05) is 18.1 Å². The molecule has 4 rings (SSSR count). The van der Waals surface area contributed by atoms with Gasteiger partial charge in [0.25, 0.3) is 0 Å². The molecule has 0 N–H and O–H groups in total. The van der Waals surface area contributed by atoms with E-state index >= 15 is 0 Å². The highest BCUT2D eigenvalue weighted by Gasteiger charge is 2.43. The maximum absolute atomic E-state index is 12.3. The molecule has 0 spiro atoms. The van der Waals surface area contributed by atoms with E-state index in [1.54, 1.807) is 6.92 Å². The molecule has 0 saturated heterocycles. The largest absolute Gasteiger partial charge is 0.377 e. The van der Waals surface area contributed by atoms with Gasteiger partial charge in [-0.05, 0) is 66.4 Å². The van der Waals surface area contributed by atoms with E-state index in [9.17, 15) is 4.79 Å². The first-order valence-corrected chi connectivity index (χ1v) is 8.85. The van der Waals surface area contributed by atoms with Crippen molar-refractivity contribution in [3.63, 3.8) is 0 Å². The number of carbonyl (C=O) groups is 1. The van der Waals surface area contributed by atoms with Crippen LogP contribution in [-0.4, -0.2) is 25.2 Å². The first-order chi connectivity index (χ1) is 11.1. The normalized spacial score (nSPS) is 27.4. The SMILES string of the molecule is CC(=O)N1c2ccc(C3=CCOCC3)cc2CC(C)C1C1CC1. The van der Waals surface area contributed by atoms with E-state index in [4.69, 9.17) is 4.74 Å². The number of benzene rings is 1. The molecule has 3 nitrogen and oxygen atoms in total. The highest BCUT2D eigenvalue weighted by molar-refractivity contribution is 5.94. The fraction of sp³-hybridized carbons (Fsp3) is 0.550. The van der Waals surface area contributed by atoms with Gasteiger partial charge >= 0.3 is 0 Å². The van der Waals surface area contributed by atoms with Crippen molar-refractivity contribution >= 4 is 17.2 Å². The molecule has 122 valence electrons. The van der Waals surface area contributed by atoms with Crippen LogP contribution in [0.1, 0.15) is 44.2 Å². The van der Waals surface area contributed by atoms with Gasteiger partial charge < -0.3 is 9.64 Å². The molecule has 2 atom stereocenters. The fourth-order valence-electron chi connectivity index (χ4n) is 4.35. The van der Waals surface area contributed by atoms with Gasteiger partial charge in [0.05, 0.1) is 13.2 Å². The number of hydrogen-bond donors (Lipinski definition) is 0. The standard InChI is InChI=1S/C20H25NO2/c1-13-11-18-12-17(15-7-9-23-10-8-15)5-6-19(18)21(14(2)22)20(13)16-3-4-16/h5-7,12-13,16,20H,3-4,8-11H2,1-2H3. The molecule has 2 unspecified atom stereocenters. The summed E-state index contributed by atoms with van der Waals surface area (Å²) in [6.07, 6.45) is 6.80. The minimum absolute atomic E-state index is 0.188. The van der Waals surface area contributed by atoms with Gasteiger partial charge in [-0.1, -0.05) is 19.1 Å². The van der Waals surface area contributed by atoms with Gasteiger partial charge in [0.2, 0.25) is 5.91 Å². The summed E-state index contributed by atoms with van der Waals surface area (Å²) in [7, 11) is 0. The Kier molecular flexibility index (Phi) is 3.76. The van der Waals surface area contributed by atoms with E-state index in [-0.39, 0.29) is 5.91 Å². The van der Waals surface area contributed by atoms with E-state index < -0.39 is 0 Å². The molecule has 3 aliphatic rings. The van der Waals surface area contributed by atoms with Crippen LogP contribution in [-0.2, 0) is 16.0 Å². The molecular weight excluding hydrogens is 286 g/mol. The summed E-state index contributed by atoms with van der Waals surface area (Å²) in [6.45, 7) is 5.54. The van der Waals surface area contributed by atoms with Crippen molar-refractivity contribution in [1.29, 1.82) is 0 Å².